The van der Waals surface area contributed by atoms with Gasteiger partial charge in [0.15, 0.2) is 11.6 Å². The lowest BCUT2D eigenvalue weighted by Crippen LogP contribution is -2.46. The quantitative estimate of drug-likeness (QED) is 0.477. The average Bonchev–Trinajstić information content (AvgIpc) is 2.87. The van der Waals surface area contributed by atoms with E-state index in [0.717, 1.165) is 31.6 Å². The highest BCUT2D eigenvalue weighted by Crippen LogP contribution is 2.24. The molecule has 7 nitrogen and oxygen atoms in total. The molecular formula is C27H27FN4O3. The van der Waals surface area contributed by atoms with Crippen LogP contribution in [0.4, 0.5) is 10.1 Å². The Kier molecular flexibility index (Phi) is 8.19. The molecule has 35 heavy (non-hydrogen) atoms. The summed E-state index contributed by atoms with van der Waals surface area (Å²) in [7, 11) is 0. The third kappa shape index (κ3) is 7.48. The zero-order chi connectivity index (χ0) is 24.5. The third-order valence-electron chi connectivity index (χ3n) is 5.60. The predicted molar refractivity (Wildman–Crippen MR) is 132 cm³/mol. The van der Waals surface area contributed by atoms with Gasteiger partial charge >= 0.3 is 0 Å². The number of likely N-dealkylation sites (tertiary alicyclic amines) is 1. The van der Waals surface area contributed by atoms with Crippen molar-refractivity contribution >= 4 is 23.6 Å². The maximum atomic E-state index is 14.4. The number of piperidine rings is 1. The van der Waals surface area contributed by atoms with Crippen LogP contribution in [0, 0.1) is 5.82 Å². The molecule has 4 rings (SSSR count). The van der Waals surface area contributed by atoms with Crippen molar-refractivity contribution < 1.29 is 18.7 Å². The Labute approximate surface area is 203 Å². The molecule has 0 aliphatic carbocycles. The fraction of sp³-hybridized carbons (Fsp3) is 0.222. The molecule has 3 aromatic rings. The van der Waals surface area contributed by atoms with Crippen molar-refractivity contribution in [3.63, 3.8) is 0 Å². The van der Waals surface area contributed by atoms with Crippen molar-refractivity contribution in [2.24, 2.45) is 0 Å². The van der Waals surface area contributed by atoms with Crippen LogP contribution in [-0.4, -0.2) is 47.4 Å². The highest BCUT2D eigenvalue weighted by atomic mass is 19.1. The highest BCUT2D eigenvalue weighted by molar-refractivity contribution is 5.92. The van der Waals surface area contributed by atoms with E-state index in [1.54, 1.807) is 30.5 Å². The number of anilines is 1. The first-order valence-corrected chi connectivity index (χ1v) is 11.5. The van der Waals surface area contributed by atoms with E-state index in [1.165, 1.54) is 24.4 Å². The smallest absolute Gasteiger partial charge is 0.244 e. The zero-order valence-electron chi connectivity index (χ0n) is 19.2. The number of pyridine rings is 1. The van der Waals surface area contributed by atoms with E-state index >= 15 is 0 Å². The Morgan fingerprint density at radius 3 is 2.60 bits per heavy atom. The number of halogens is 1. The van der Waals surface area contributed by atoms with Crippen molar-refractivity contribution in [3.05, 3.63) is 90.5 Å². The third-order valence-corrected chi connectivity index (χ3v) is 5.60. The van der Waals surface area contributed by atoms with Crippen LogP contribution >= 0.6 is 0 Å². The first-order valence-electron chi connectivity index (χ1n) is 11.5. The highest BCUT2D eigenvalue weighted by Gasteiger charge is 2.21. The van der Waals surface area contributed by atoms with Gasteiger partial charge in [0.05, 0.1) is 12.7 Å². The molecule has 2 heterocycles. The number of aromatic nitrogens is 1. The second-order valence-electron chi connectivity index (χ2n) is 8.29. The summed E-state index contributed by atoms with van der Waals surface area (Å²) < 4.78 is 19.9. The van der Waals surface area contributed by atoms with Crippen LogP contribution in [0.1, 0.15) is 18.4 Å². The Morgan fingerprint density at radius 1 is 1.09 bits per heavy atom. The van der Waals surface area contributed by atoms with Crippen molar-refractivity contribution in [3.8, 4) is 11.5 Å². The molecule has 1 aromatic heterocycles. The fourth-order valence-corrected chi connectivity index (χ4v) is 3.82. The maximum absolute atomic E-state index is 14.4. The van der Waals surface area contributed by atoms with Crippen LogP contribution in [0.25, 0.3) is 6.08 Å². The van der Waals surface area contributed by atoms with E-state index in [4.69, 9.17) is 4.74 Å². The lowest BCUT2D eigenvalue weighted by molar-refractivity contribution is -0.119. The van der Waals surface area contributed by atoms with Gasteiger partial charge in [-0.25, -0.2) is 4.39 Å². The summed E-state index contributed by atoms with van der Waals surface area (Å²) in [6.07, 6.45) is 7.59. The number of benzene rings is 2. The van der Waals surface area contributed by atoms with Crippen molar-refractivity contribution in [1.29, 1.82) is 0 Å². The molecule has 0 bridgehead atoms. The minimum Gasteiger partial charge on any atom is -0.453 e. The first kappa shape index (κ1) is 24.1. The summed E-state index contributed by atoms with van der Waals surface area (Å²) in [6.45, 7) is 1.77. The van der Waals surface area contributed by atoms with Crippen LogP contribution < -0.4 is 15.4 Å². The molecule has 8 heteroatoms. The number of ether oxygens (including phenoxy) is 1. The lowest BCUT2D eigenvalue weighted by Gasteiger charge is -2.31. The topological polar surface area (TPSA) is 83.6 Å². The van der Waals surface area contributed by atoms with Crippen LogP contribution in [0.5, 0.6) is 11.5 Å². The van der Waals surface area contributed by atoms with Gasteiger partial charge in [-0.3, -0.25) is 19.5 Å². The second-order valence-corrected chi connectivity index (χ2v) is 8.29. The minimum atomic E-state index is -0.528. The Morgan fingerprint density at radius 2 is 1.89 bits per heavy atom. The number of nitrogens with one attached hydrogen (secondary N) is 2. The molecule has 0 radical (unpaired) electrons. The molecule has 1 aliphatic rings. The molecule has 1 fully saturated rings. The number of nitrogens with zero attached hydrogens (tertiary/aromatic N) is 2. The van der Waals surface area contributed by atoms with E-state index in [1.807, 2.05) is 30.3 Å². The summed E-state index contributed by atoms with van der Waals surface area (Å²) >= 11 is 0. The molecule has 2 N–H and O–H groups in total. The van der Waals surface area contributed by atoms with E-state index < -0.39 is 5.82 Å². The normalized spacial score (nSPS) is 14.5. The lowest BCUT2D eigenvalue weighted by atomic mass is 10.0. The van der Waals surface area contributed by atoms with E-state index in [2.05, 4.69) is 20.5 Å². The molecule has 2 aromatic carbocycles. The number of amides is 2. The van der Waals surface area contributed by atoms with Gasteiger partial charge in [0, 0.05) is 37.1 Å². The molecule has 0 saturated carbocycles. The van der Waals surface area contributed by atoms with Gasteiger partial charge in [0.1, 0.15) is 5.75 Å². The van der Waals surface area contributed by atoms with Crippen LogP contribution in [0.2, 0.25) is 0 Å². The fourth-order valence-electron chi connectivity index (χ4n) is 3.82. The molecule has 1 aliphatic heterocycles. The standard InChI is InChI=1S/C27H27FN4O3/c28-24-17-20(8-10-25(24)35-23-7-4-14-29-18-23)9-11-26(33)30-22-12-15-32(16-13-22)19-27(34)31-21-5-2-1-3-6-21/h1-11,14,17-18,22H,12-13,15-16,19H2,(H,30,33)(H,31,34)/b11-9+. The monoisotopic (exact) mass is 474 g/mol. The van der Waals surface area contributed by atoms with E-state index in [9.17, 15) is 14.0 Å². The van der Waals surface area contributed by atoms with Gasteiger partial charge < -0.3 is 15.4 Å². The maximum Gasteiger partial charge on any atom is 0.244 e. The van der Waals surface area contributed by atoms with E-state index in [0.29, 0.717) is 17.9 Å². The largest absolute Gasteiger partial charge is 0.453 e. The molecule has 0 spiro atoms. The van der Waals surface area contributed by atoms with Crippen LogP contribution in [0.15, 0.2) is 79.1 Å². The van der Waals surface area contributed by atoms with Crippen LogP contribution in [0.3, 0.4) is 0 Å². The number of carbonyl (C=O) groups excluding carboxylic acids is 2. The Hall–Kier alpha value is -4.04. The van der Waals surface area contributed by atoms with Crippen molar-refractivity contribution in [2.75, 3.05) is 25.0 Å². The zero-order valence-corrected chi connectivity index (χ0v) is 19.2. The van der Waals surface area contributed by atoms with Gasteiger partial charge in [0.25, 0.3) is 0 Å². The number of carbonyl (C=O) groups is 2. The number of para-hydroxylation sites is 1. The first-order chi connectivity index (χ1) is 17.0. The molecular weight excluding hydrogens is 447 g/mol. The predicted octanol–water partition coefficient (Wildman–Crippen LogP) is 4.25. The number of hydrogen-bond acceptors (Lipinski definition) is 5. The molecule has 180 valence electrons. The van der Waals surface area contributed by atoms with Crippen molar-refractivity contribution in [2.45, 2.75) is 18.9 Å². The second kappa shape index (κ2) is 11.9. The van der Waals surface area contributed by atoms with Crippen LogP contribution in [-0.2, 0) is 9.59 Å². The Bertz CT molecular complexity index is 1160. The van der Waals surface area contributed by atoms with E-state index in [-0.39, 0.29) is 23.6 Å². The average molecular weight is 475 g/mol. The SMILES string of the molecule is O=C(/C=C/c1ccc(Oc2cccnc2)c(F)c1)NC1CCN(CC(=O)Nc2ccccc2)CC1. The summed E-state index contributed by atoms with van der Waals surface area (Å²) in [4.78, 5) is 30.6. The van der Waals surface area contributed by atoms with Gasteiger partial charge in [-0.1, -0.05) is 24.3 Å². The summed E-state index contributed by atoms with van der Waals surface area (Å²) in [5.74, 6) is -0.284. The molecule has 0 atom stereocenters. The minimum absolute atomic E-state index is 0.0348. The number of rotatable bonds is 8. The summed E-state index contributed by atoms with van der Waals surface area (Å²) in [5, 5.41) is 5.87. The molecule has 1 saturated heterocycles. The summed E-state index contributed by atoms with van der Waals surface area (Å²) in [6, 6.07) is 17.3. The van der Waals surface area contributed by atoms with Gasteiger partial charge in [0.2, 0.25) is 11.8 Å². The molecule has 0 unspecified atom stereocenters. The van der Waals surface area contributed by atoms with Gasteiger partial charge in [-0.2, -0.15) is 0 Å². The summed E-state index contributed by atoms with van der Waals surface area (Å²) in [5.41, 5.74) is 1.33. The van der Waals surface area contributed by atoms with Crippen molar-refractivity contribution in [1.82, 2.24) is 15.2 Å². The van der Waals surface area contributed by atoms with Gasteiger partial charge in [-0.05, 0) is 60.9 Å². The molecule has 2 amide bonds. The Balaban J connectivity index is 1.20. The number of hydrogen-bond donors (Lipinski definition) is 2. The van der Waals surface area contributed by atoms with Gasteiger partial charge in [-0.15, -0.1) is 0 Å².